The highest BCUT2D eigenvalue weighted by molar-refractivity contribution is 6.36. The van der Waals surface area contributed by atoms with Gasteiger partial charge in [-0.05, 0) is 24.6 Å². The second-order valence-electron chi connectivity index (χ2n) is 6.18. The molecule has 1 heterocycles. The fraction of sp³-hybridized carbons (Fsp3) is 0.200. The Morgan fingerprint density at radius 3 is 2.72 bits per heavy atom. The van der Waals surface area contributed by atoms with Crippen molar-refractivity contribution in [1.29, 1.82) is 0 Å². The summed E-state index contributed by atoms with van der Waals surface area (Å²) < 4.78 is 13.9. The van der Waals surface area contributed by atoms with Gasteiger partial charge in [0.1, 0.15) is 11.7 Å². The Balaban J connectivity index is 1.94. The van der Waals surface area contributed by atoms with Crippen LogP contribution < -0.4 is 5.43 Å². The minimum Gasteiger partial charge on any atom is -0.481 e. The maximum Gasteiger partial charge on any atom is 0.303 e. The minimum atomic E-state index is -0.937. The first kappa shape index (κ1) is 21.0. The van der Waals surface area contributed by atoms with Crippen LogP contribution in [0, 0.1) is 5.82 Å². The largest absolute Gasteiger partial charge is 0.481 e. The number of aliphatic carboxylic acids is 1. The van der Waals surface area contributed by atoms with Crippen LogP contribution in [0.4, 0.5) is 10.1 Å². The minimum absolute atomic E-state index is 0.0763. The third kappa shape index (κ3) is 5.40. The Kier molecular flexibility index (Phi) is 6.95. The van der Waals surface area contributed by atoms with Crippen LogP contribution in [0.25, 0.3) is 0 Å². The van der Waals surface area contributed by atoms with E-state index < -0.39 is 11.8 Å². The predicted octanol–water partition coefficient (Wildman–Crippen LogP) is 4.41. The molecule has 3 rings (SSSR count). The van der Waals surface area contributed by atoms with Gasteiger partial charge in [-0.3, -0.25) is 15.2 Å². The molecule has 1 aliphatic rings. The maximum atomic E-state index is 13.9. The van der Waals surface area contributed by atoms with Crippen LogP contribution in [0.3, 0.4) is 0 Å². The highest BCUT2D eigenvalue weighted by Crippen LogP contribution is 2.28. The van der Waals surface area contributed by atoms with Crippen LogP contribution >= 0.6 is 23.2 Å². The molecule has 0 unspecified atom stereocenters. The van der Waals surface area contributed by atoms with Crippen molar-refractivity contribution < 1.29 is 14.3 Å². The molecular formula is C20H17Cl2FN4O2. The molecule has 1 aliphatic heterocycles. The Morgan fingerprint density at radius 2 is 2.00 bits per heavy atom. The summed E-state index contributed by atoms with van der Waals surface area (Å²) in [4.78, 5) is 19.8. The zero-order chi connectivity index (χ0) is 20.8. The van der Waals surface area contributed by atoms with Gasteiger partial charge in [0.25, 0.3) is 0 Å². The predicted molar refractivity (Wildman–Crippen MR) is 114 cm³/mol. The van der Waals surface area contributed by atoms with E-state index in [-0.39, 0.29) is 25.3 Å². The number of amidine groups is 1. The first-order chi connectivity index (χ1) is 14.0. The van der Waals surface area contributed by atoms with Gasteiger partial charge in [-0.2, -0.15) is 5.10 Å². The molecule has 0 fully saturated rings. The lowest BCUT2D eigenvalue weighted by Gasteiger charge is -2.09. The lowest BCUT2D eigenvalue weighted by atomic mass is 10.0. The number of aliphatic imine (C=N–C) groups is 2. The molecule has 6 nitrogen and oxygen atoms in total. The lowest BCUT2D eigenvalue weighted by molar-refractivity contribution is -0.136. The van der Waals surface area contributed by atoms with Crippen molar-refractivity contribution >= 4 is 52.1 Å². The first-order valence-electron chi connectivity index (χ1n) is 8.74. The van der Waals surface area contributed by atoms with Crippen molar-refractivity contribution in [3.8, 4) is 0 Å². The Bertz CT molecular complexity index is 1020. The number of fused-ring (bicyclic) bond motifs is 1. The van der Waals surface area contributed by atoms with E-state index in [0.717, 1.165) is 0 Å². The van der Waals surface area contributed by atoms with E-state index in [2.05, 4.69) is 20.5 Å². The van der Waals surface area contributed by atoms with Gasteiger partial charge in [0.2, 0.25) is 0 Å². The van der Waals surface area contributed by atoms with E-state index in [9.17, 15) is 9.18 Å². The average Bonchev–Trinajstić information content (AvgIpc) is 2.87. The maximum absolute atomic E-state index is 13.9. The molecule has 0 radical (unpaired) electrons. The summed E-state index contributed by atoms with van der Waals surface area (Å²) in [5.41, 5.74) is 5.59. The number of hydrogen-bond acceptors (Lipinski definition) is 5. The van der Waals surface area contributed by atoms with Gasteiger partial charge in [0, 0.05) is 22.2 Å². The number of benzene rings is 2. The summed E-state index contributed by atoms with van der Waals surface area (Å²) in [5, 5.41) is 13.5. The molecule has 2 N–H and O–H groups in total. The highest BCUT2D eigenvalue weighted by Gasteiger charge is 2.18. The molecule has 0 saturated carbocycles. The number of hydrazone groups is 1. The molecule has 0 aromatic heterocycles. The van der Waals surface area contributed by atoms with Gasteiger partial charge in [-0.25, -0.2) is 9.38 Å². The standard InChI is InChI=1S/C20H17Cl2FN4O2/c21-10-13(6-8-19(28)29)26-27-18-11-24-20(14-3-1-2-4-16(14)22)15-7-5-12(23)9-17(15)25-18/h1-5,7,9H,6,8,10-11H2,(H,25,27)(H,28,29). The molecular weight excluding hydrogens is 418 g/mol. The number of carboxylic acids is 1. The third-order valence-electron chi connectivity index (χ3n) is 4.11. The number of carbonyl (C=O) groups is 1. The smallest absolute Gasteiger partial charge is 0.303 e. The quantitative estimate of drug-likeness (QED) is 0.401. The van der Waals surface area contributed by atoms with Crippen molar-refractivity contribution in [3.63, 3.8) is 0 Å². The summed E-state index contributed by atoms with van der Waals surface area (Å²) in [6, 6.07) is 11.5. The molecule has 0 saturated heterocycles. The summed E-state index contributed by atoms with van der Waals surface area (Å²) in [6.07, 6.45) is 0.126. The molecule has 29 heavy (non-hydrogen) atoms. The second-order valence-corrected chi connectivity index (χ2v) is 6.86. The summed E-state index contributed by atoms with van der Waals surface area (Å²) >= 11 is 12.2. The van der Waals surface area contributed by atoms with Gasteiger partial charge in [-0.1, -0.05) is 29.8 Å². The van der Waals surface area contributed by atoms with Crippen LogP contribution in [-0.2, 0) is 4.79 Å². The molecule has 150 valence electrons. The molecule has 2 aromatic rings. The van der Waals surface area contributed by atoms with Crippen LogP contribution in [0.2, 0.25) is 5.02 Å². The number of nitrogens with one attached hydrogen (secondary N) is 1. The molecule has 0 atom stereocenters. The van der Waals surface area contributed by atoms with Crippen molar-refractivity contribution in [1.82, 2.24) is 5.43 Å². The van der Waals surface area contributed by atoms with Gasteiger partial charge in [0.05, 0.1) is 36.0 Å². The molecule has 2 aromatic carbocycles. The third-order valence-corrected chi connectivity index (χ3v) is 4.75. The van der Waals surface area contributed by atoms with Crippen LogP contribution in [0.5, 0.6) is 0 Å². The summed E-state index contributed by atoms with van der Waals surface area (Å²) in [7, 11) is 0. The van der Waals surface area contributed by atoms with E-state index in [1.165, 1.54) is 12.1 Å². The SMILES string of the molecule is O=C(O)CCC(CCl)=NNC1=Nc2cc(F)ccc2C(c2ccccc2Cl)=NC1. The number of nitrogens with zero attached hydrogens (tertiary/aromatic N) is 3. The molecule has 0 bridgehead atoms. The van der Waals surface area contributed by atoms with Crippen LogP contribution in [0.15, 0.2) is 57.6 Å². The fourth-order valence-corrected chi connectivity index (χ4v) is 3.13. The Labute approximate surface area is 176 Å². The monoisotopic (exact) mass is 434 g/mol. The normalized spacial score (nSPS) is 13.8. The topological polar surface area (TPSA) is 86.4 Å². The van der Waals surface area contributed by atoms with E-state index in [1.54, 1.807) is 12.1 Å². The van der Waals surface area contributed by atoms with Gasteiger partial charge in [0.15, 0.2) is 0 Å². The van der Waals surface area contributed by atoms with Crippen molar-refractivity contribution in [2.75, 3.05) is 12.4 Å². The zero-order valence-electron chi connectivity index (χ0n) is 15.2. The first-order valence-corrected chi connectivity index (χ1v) is 9.65. The van der Waals surface area contributed by atoms with Gasteiger partial charge < -0.3 is 5.11 Å². The van der Waals surface area contributed by atoms with E-state index in [4.69, 9.17) is 28.3 Å². The highest BCUT2D eigenvalue weighted by atomic mass is 35.5. The molecule has 0 amide bonds. The fourth-order valence-electron chi connectivity index (χ4n) is 2.71. The van der Waals surface area contributed by atoms with E-state index in [1.807, 2.05) is 18.2 Å². The molecule has 9 heteroatoms. The number of rotatable bonds is 6. The number of alkyl halides is 1. The van der Waals surface area contributed by atoms with Crippen molar-refractivity contribution in [2.45, 2.75) is 12.8 Å². The van der Waals surface area contributed by atoms with Gasteiger partial charge >= 0.3 is 5.97 Å². The molecule has 0 aliphatic carbocycles. The number of halogens is 3. The Hall–Kier alpha value is -2.77. The average molecular weight is 435 g/mol. The van der Waals surface area contributed by atoms with Crippen molar-refractivity contribution in [2.24, 2.45) is 15.1 Å². The number of hydrogen-bond donors (Lipinski definition) is 2. The second kappa shape index (κ2) is 9.62. The van der Waals surface area contributed by atoms with Crippen LogP contribution in [-0.4, -0.2) is 40.8 Å². The Morgan fingerprint density at radius 1 is 1.21 bits per heavy atom. The number of carboxylic acid groups (broad SMARTS) is 1. The molecule has 0 spiro atoms. The van der Waals surface area contributed by atoms with E-state index >= 15 is 0 Å². The van der Waals surface area contributed by atoms with Gasteiger partial charge in [-0.15, -0.1) is 11.6 Å². The zero-order valence-corrected chi connectivity index (χ0v) is 16.7. The van der Waals surface area contributed by atoms with E-state index in [0.29, 0.717) is 39.1 Å². The summed E-state index contributed by atoms with van der Waals surface area (Å²) in [5.74, 6) is -0.920. The lowest BCUT2D eigenvalue weighted by Crippen LogP contribution is -2.23. The van der Waals surface area contributed by atoms with Crippen molar-refractivity contribution in [3.05, 3.63) is 64.4 Å². The van der Waals surface area contributed by atoms with Crippen LogP contribution in [0.1, 0.15) is 24.0 Å². The summed E-state index contributed by atoms with van der Waals surface area (Å²) in [6.45, 7) is 0.148.